The fourth-order valence-corrected chi connectivity index (χ4v) is 4.99. The van der Waals surface area contributed by atoms with E-state index in [9.17, 15) is 15.2 Å². The number of aromatic nitrogens is 2. The van der Waals surface area contributed by atoms with Gasteiger partial charge in [-0.05, 0) is 64.6 Å². The maximum atomic E-state index is 11.7. The van der Waals surface area contributed by atoms with Crippen molar-refractivity contribution in [3.8, 4) is 6.07 Å². The Morgan fingerprint density at radius 1 is 1.38 bits per heavy atom. The van der Waals surface area contributed by atoms with Gasteiger partial charge < -0.3 is 14.6 Å². The van der Waals surface area contributed by atoms with Gasteiger partial charge in [0, 0.05) is 24.1 Å². The summed E-state index contributed by atoms with van der Waals surface area (Å²) in [6.45, 7) is 8.23. The first-order valence-corrected chi connectivity index (χ1v) is 11.0. The van der Waals surface area contributed by atoms with Crippen molar-refractivity contribution in [1.29, 1.82) is 5.26 Å². The number of rotatable bonds is 5. The Labute approximate surface area is 180 Å². The first-order valence-electron chi connectivity index (χ1n) is 10.2. The van der Waals surface area contributed by atoms with Crippen LogP contribution in [0.25, 0.3) is 11.0 Å². The van der Waals surface area contributed by atoms with Crippen molar-refractivity contribution in [3.63, 3.8) is 0 Å². The number of halogens is 1. The van der Waals surface area contributed by atoms with Crippen LogP contribution in [0, 0.1) is 28.6 Å². The summed E-state index contributed by atoms with van der Waals surface area (Å²) in [7, 11) is 0. The minimum atomic E-state index is -0.823. The lowest BCUT2D eigenvalue weighted by Crippen LogP contribution is -2.41. The summed E-state index contributed by atoms with van der Waals surface area (Å²) in [5.41, 5.74) is 2.41. The van der Waals surface area contributed by atoms with Crippen molar-refractivity contribution in [2.24, 2.45) is 17.3 Å². The molecular formula is C22H29BrN4O2. The zero-order valence-electron chi connectivity index (χ0n) is 17.4. The molecule has 1 aromatic heterocycles. The van der Waals surface area contributed by atoms with E-state index in [0.29, 0.717) is 30.5 Å². The Bertz CT molecular complexity index is 925. The summed E-state index contributed by atoms with van der Waals surface area (Å²) in [5.74, 6) is 0.879. The van der Waals surface area contributed by atoms with Gasteiger partial charge in [-0.1, -0.05) is 27.2 Å². The van der Waals surface area contributed by atoms with Crippen molar-refractivity contribution < 1.29 is 9.90 Å². The lowest BCUT2D eigenvalue weighted by molar-refractivity contribution is 0.104. The highest BCUT2D eigenvalue weighted by atomic mass is 79.9. The molecule has 0 saturated heterocycles. The summed E-state index contributed by atoms with van der Waals surface area (Å²) in [4.78, 5) is 17.8. The molecule has 1 N–H and O–H groups in total. The van der Waals surface area contributed by atoms with Crippen molar-refractivity contribution in [2.75, 3.05) is 13.1 Å². The molecule has 1 fully saturated rings. The van der Waals surface area contributed by atoms with Gasteiger partial charge in [0.1, 0.15) is 5.52 Å². The number of hydrogen-bond donors (Lipinski definition) is 1. The molecule has 1 aliphatic carbocycles. The normalized spacial score (nSPS) is 19.8. The third kappa shape index (κ3) is 5.51. The van der Waals surface area contributed by atoms with E-state index in [4.69, 9.17) is 0 Å². The molecule has 0 spiro atoms. The summed E-state index contributed by atoms with van der Waals surface area (Å²) in [6.07, 6.45) is 5.39. The van der Waals surface area contributed by atoms with E-state index in [1.807, 2.05) is 12.4 Å². The molecule has 1 aliphatic rings. The van der Waals surface area contributed by atoms with Crippen LogP contribution in [0.1, 0.15) is 52.0 Å². The Morgan fingerprint density at radius 3 is 2.76 bits per heavy atom. The largest absolute Gasteiger partial charge is 0.465 e. The molecule has 7 heteroatoms. The highest BCUT2D eigenvalue weighted by Gasteiger charge is 2.28. The Morgan fingerprint density at radius 2 is 2.10 bits per heavy atom. The zero-order valence-corrected chi connectivity index (χ0v) is 18.9. The lowest BCUT2D eigenvalue weighted by Gasteiger charge is -2.35. The molecule has 0 aliphatic heterocycles. The molecule has 1 saturated carbocycles. The molecule has 1 heterocycles. The summed E-state index contributed by atoms with van der Waals surface area (Å²) < 4.78 is 2.98. The van der Waals surface area contributed by atoms with E-state index in [1.54, 1.807) is 11.0 Å². The average Bonchev–Trinajstić information content (AvgIpc) is 3.03. The van der Waals surface area contributed by atoms with E-state index in [2.05, 4.69) is 52.3 Å². The number of fused-ring (bicyclic) bond motifs is 1. The molecule has 2 unspecified atom stereocenters. The predicted molar refractivity (Wildman–Crippen MR) is 117 cm³/mol. The van der Waals surface area contributed by atoms with Gasteiger partial charge in [0.2, 0.25) is 0 Å². The van der Waals surface area contributed by atoms with E-state index in [0.717, 1.165) is 47.7 Å². The minimum absolute atomic E-state index is 0.0476. The highest BCUT2D eigenvalue weighted by Crippen LogP contribution is 2.33. The first kappa shape index (κ1) is 21.6. The topological polar surface area (TPSA) is 82.2 Å². The third-order valence-electron chi connectivity index (χ3n) is 5.57. The Kier molecular flexibility index (Phi) is 6.52. The van der Waals surface area contributed by atoms with Crippen LogP contribution in [0.15, 0.2) is 22.9 Å². The number of nitrogens with zero attached hydrogens (tertiary/aromatic N) is 4. The van der Waals surface area contributed by atoms with Crippen LogP contribution in [0.2, 0.25) is 0 Å². The summed E-state index contributed by atoms with van der Waals surface area (Å²) in [6, 6.07) is 5.90. The van der Waals surface area contributed by atoms with Gasteiger partial charge in [-0.2, -0.15) is 5.26 Å². The van der Waals surface area contributed by atoms with Crippen LogP contribution in [0.3, 0.4) is 0 Å². The van der Waals surface area contributed by atoms with Gasteiger partial charge in [0.25, 0.3) is 0 Å². The van der Waals surface area contributed by atoms with Crippen LogP contribution in [-0.4, -0.2) is 38.7 Å². The number of nitriles is 1. The standard InChI is InChI=1S/C22H29BrN4O2/c1-22(2,3)13-26(21(28)29)11-15-5-4-6-16(7-15)12-27-14-25-20-18(23)8-17(10-24)9-19(20)27/h8-9,14-16H,4-7,11-13H2,1-3H3,(H,28,29). The van der Waals surface area contributed by atoms with Crippen molar-refractivity contribution in [3.05, 3.63) is 28.5 Å². The fourth-order valence-electron chi connectivity index (χ4n) is 4.44. The molecule has 29 heavy (non-hydrogen) atoms. The molecule has 1 aromatic carbocycles. The van der Waals surface area contributed by atoms with Gasteiger partial charge in [-0.25, -0.2) is 9.78 Å². The Balaban J connectivity index is 1.70. The van der Waals surface area contributed by atoms with Crippen LogP contribution in [-0.2, 0) is 6.54 Å². The second-order valence-electron chi connectivity index (χ2n) is 9.46. The van der Waals surface area contributed by atoms with E-state index >= 15 is 0 Å². The predicted octanol–water partition coefficient (Wildman–Crippen LogP) is 5.50. The molecule has 1 amide bonds. The quantitative estimate of drug-likeness (QED) is 0.637. The molecule has 0 bridgehead atoms. The van der Waals surface area contributed by atoms with Gasteiger partial charge >= 0.3 is 6.09 Å². The third-order valence-corrected chi connectivity index (χ3v) is 6.17. The van der Waals surface area contributed by atoms with Crippen LogP contribution >= 0.6 is 15.9 Å². The number of benzene rings is 1. The monoisotopic (exact) mass is 460 g/mol. The number of imidazole rings is 1. The molecule has 0 radical (unpaired) electrons. The fraction of sp³-hybridized carbons (Fsp3) is 0.591. The van der Waals surface area contributed by atoms with E-state index < -0.39 is 6.09 Å². The minimum Gasteiger partial charge on any atom is -0.465 e. The highest BCUT2D eigenvalue weighted by molar-refractivity contribution is 9.10. The molecule has 156 valence electrons. The molecule has 2 atom stereocenters. The van der Waals surface area contributed by atoms with Gasteiger partial charge in [0.15, 0.2) is 0 Å². The summed E-state index contributed by atoms with van der Waals surface area (Å²) in [5, 5.41) is 18.9. The summed E-state index contributed by atoms with van der Waals surface area (Å²) >= 11 is 3.51. The average molecular weight is 461 g/mol. The maximum Gasteiger partial charge on any atom is 0.407 e. The number of amides is 1. The van der Waals surface area contributed by atoms with Crippen LogP contribution in [0.5, 0.6) is 0 Å². The molecule has 6 nitrogen and oxygen atoms in total. The van der Waals surface area contributed by atoms with Gasteiger partial charge in [0.05, 0.1) is 23.5 Å². The zero-order chi connectivity index (χ0) is 21.2. The Hall–Kier alpha value is -2.07. The van der Waals surface area contributed by atoms with Gasteiger partial charge in [-0.3, -0.25) is 0 Å². The smallest absolute Gasteiger partial charge is 0.407 e. The molecular weight excluding hydrogens is 432 g/mol. The second kappa shape index (κ2) is 8.74. The molecule has 3 rings (SSSR count). The van der Waals surface area contributed by atoms with E-state index in [1.165, 1.54) is 0 Å². The van der Waals surface area contributed by atoms with Crippen molar-refractivity contribution in [1.82, 2.24) is 14.5 Å². The first-order chi connectivity index (χ1) is 13.7. The molecule has 2 aromatic rings. The van der Waals surface area contributed by atoms with Crippen molar-refractivity contribution >= 4 is 33.1 Å². The van der Waals surface area contributed by atoms with Crippen molar-refractivity contribution in [2.45, 2.75) is 53.0 Å². The lowest BCUT2D eigenvalue weighted by atomic mass is 9.81. The number of hydrogen-bond acceptors (Lipinski definition) is 3. The number of carboxylic acid groups (broad SMARTS) is 1. The van der Waals surface area contributed by atoms with E-state index in [-0.39, 0.29) is 5.41 Å². The van der Waals surface area contributed by atoms with Crippen LogP contribution < -0.4 is 0 Å². The second-order valence-corrected chi connectivity index (χ2v) is 10.3. The maximum absolute atomic E-state index is 11.7. The SMILES string of the molecule is CC(C)(C)CN(CC1CCCC(Cn2cnc3c(Br)cc(C#N)cc32)C1)C(=O)O. The number of carbonyl (C=O) groups is 1. The van der Waals surface area contributed by atoms with Gasteiger partial charge in [-0.15, -0.1) is 0 Å². The van der Waals surface area contributed by atoms with Crippen LogP contribution in [0.4, 0.5) is 4.79 Å².